The van der Waals surface area contributed by atoms with E-state index >= 15 is 0 Å². The Kier molecular flexibility index (Phi) is 4.19. The van der Waals surface area contributed by atoms with Crippen LogP contribution in [0.15, 0.2) is 24.3 Å². The standard InChI is InChI=1S/C16H20FN3S/c1-11-7-8-20(10-12(11)2)16-19-18-15(21-16)9-13-5-3-4-6-14(13)17/h3-6,11-12H,7-10H2,1-2H3. The van der Waals surface area contributed by atoms with Crippen LogP contribution in [0.4, 0.5) is 9.52 Å². The molecule has 1 aromatic heterocycles. The second-order valence-corrected chi connectivity index (χ2v) is 6.98. The zero-order chi connectivity index (χ0) is 14.8. The summed E-state index contributed by atoms with van der Waals surface area (Å²) in [5, 5.41) is 10.4. The quantitative estimate of drug-likeness (QED) is 0.865. The Hall–Kier alpha value is -1.49. The first-order valence-corrected chi connectivity index (χ1v) is 8.26. The van der Waals surface area contributed by atoms with Crippen LogP contribution in [0, 0.1) is 17.7 Å². The van der Waals surface area contributed by atoms with Crippen LogP contribution in [0.5, 0.6) is 0 Å². The van der Waals surface area contributed by atoms with E-state index in [0.29, 0.717) is 17.9 Å². The van der Waals surface area contributed by atoms with Gasteiger partial charge in [-0.3, -0.25) is 0 Å². The molecule has 3 nitrogen and oxygen atoms in total. The predicted octanol–water partition coefficient (Wildman–Crippen LogP) is 3.75. The highest BCUT2D eigenvalue weighted by Gasteiger charge is 2.24. The van der Waals surface area contributed by atoms with Crippen molar-refractivity contribution in [3.8, 4) is 0 Å². The monoisotopic (exact) mass is 305 g/mol. The average molecular weight is 305 g/mol. The lowest BCUT2D eigenvalue weighted by atomic mass is 9.89. The summed E-state index contributed by atoms with van der Waals surface area (Å²) in [6, 6.07) is 6.86. The molecule has 2 unspecified atom stereocenters. The number of benzene rings is 1. The maximum absolute atomic E-state index is 13.7. The molecule has 1 aliphatic rings. The van der Waals surface area contributed by atoms with Crippen molar-refractivity contribution in [3.63, 3.8) is 0 Å². The first-order chi connectivity index (χ1) is 10.1. The van der Waals surface area contributed by atoms with Crippen LogP contribution in [-0.2, 0) is 6.42 Å². The third-order valence-electron chi connectivity index (χ3n) is 4.36. The summed E-state index contributed by atoms with van der Waals surface area (Å²) in [4.78, 5) is 2.31. The van der Waals surface area contributed by atoms with Crippen LogP contribution in [0.1, 0.15) is 30.8 Å². The fourth-order valence-electron chi connectivity index (χ4n) is 2.69. The highest BCUT2D eigenvalue weighted by atomic mass is 32.1. The number of halogens is 1. The Morgan fingerprint density at radius 3 is 2.81 bits per heavy atom. The topological polar surface area (TPSA) is 29.0 Å². The summed E-state index contributed by atoms with van der Waals surface area (Å²) in [5.41, 5.74) is 0.681. The van der Waals surface area contributed by atoms with Crippen LogP contribution in [0.25, 0.3) is 0 Å². The molecule has 1 aliphatic heterocycles. The SMILES string of the molecule is CC1CCN(c2nnc(Cc3ccccc3F)s2)CC1C. The van der Waals surface area contributed by atoms with Gasteiger partial charge in [-0.15, -0.1) is 10.2 Å². The van der Waals surface area contributed by atoms with E-state index in [1.54, 1.807) is 23.5 Å². The minimum absolute atomic E-state index is 0.172. The first kappa shape index (κ1) is 14.4. The normalized spacial score (nSPS) is 22.5. The fraction of sp³-hybridized carbons (Fsp3) is 0.500. The van der Waals surface area contributed by atoms with E-state index in [1.165, 1.54) is 12.5 Å². The summed E-state index contributed by atoms with van der Waals surface area (Å²) < 4.78 is 13.7. The van der Waals surface area contributed by atoms with Gasteiger partial charge in [0.2, 0.25) is 5.13 Å². The molecule has 0 saturated carbocycles. The van der Waals surface area contributed by atoms with Crippen LogP contribution in [0.2, 0.25) is 0 Å². The molecule has 1 aromatic carbocycles. The average Bonchev–Trinajstić information content (AvgIpc) is 2.93. The summed E-state index contributed by atoms with van der Waals surface area (Å²) in [6.07, 6.45) is 1.72. The molecule has 0 amide bonds. The molecule has 1 saturated heterocycles. The molecule has 5 heteroatoms. The summed E-state index contributed by atoms with van der Waals surface area (Å²) in [7, 11) is 0. The van der Waals surface area contributed by atoms with Gasteiger partial charge in [0.15, 0.2) is 0 Å². The zero-order valence-corrected chi connectivity index (χ0v) is 13.2. The van der Waals surface area contributed by atoms with E-state index < -0.39 is 0 Å². The van der Waals surface area contributed by atoms with Gasteiger partial charge in [-0.05, 0) is 29.9 Å². The Morgan fingerprint density at radius 1 is 1.24 bits per heavy atom. The number of nitrogens with zero attached hydrogens (tertiary/aromatic N) is 3. The summed E-state index contributed by atoms with van der Waals surface area (Å²) in [5.74, 6) is 1.28. The number of aromatic nitrogens is 2. The Labute approximate surface area is 128 Å². The van der Waals surface area contributed by atoms with Crippen molar-refractivity contribution >= 4 is 16.5 Å². The van der Waals surface area contributed by atoms with Gasteiger partial charge in [0, 0.05) is 19.5 Å². The molecule has 3 rings (SSSR count). The molecule has 1 fully saturated rings. The van der Waals surface area contributed by atoms with Crippen molar-refractivity contribution in [3.05, 3.63) is 40.7 Å². The number of hydrogen-bond donors (Lipinski definition) is 0. The third-order valence-corrected chi connectivity index (χ3v) is 5.34. The zero-order valence-electron chi connectivity index (χ0n) is 12.4. The molecular formula is C16H20FN3S. The van der Waals surface area contributed by atoms with Gasteiger partial charge in [-0.2, -0.15) is 0 Å². The second-order valence-electron chi connectivity index (χ2n) is 5.94. The van der Waals surface area contributed by atoms with E-state index in [4.69, 9.17) is 0 Å². The van der Waals surface area contributed by atoms with Crippen molar-refractivity contribution in [2.24, 2.45) is 11.8 Å². The summed E-state index contributed by atoms with van der Waals surface area (Å²) in [6.45, 7) is 6.68. The molecule has 0 bridgehead atoms. The first-order valence-electron chi connectivity index (χ1n) is 7.44. The molecule has 21 heavy (non-hydrogen) atoms. The third kappa shape index (κ3) is 3.23. The Balaban J connectivity index is 1.71. The van der Waals surface area contributed by atoms with Crippen LogP contribution >= 0.6 is 11.3 Å². The molecule has 2 heterocycles. The lowest BCUT2D eigenvalue weighted by Crippen LogP contribution is -2.38. The van der Waals surface area contributed by atoms with Crippen molar-refractivity contribution in [1.29, 1.82) is 0 Å². The molecule has 2 atom stereocenters. The number of hydrogen-bond acceptors (Lipinski definition) is 4. The number of anilines is 1. The minimum Gasteiger partial charge on any atom is -0.346 e. The largest absolute Gasteiger partial charge is 0.346 e. The molecule has 0 radical (unpaired) electrons. The highest BCUT2D eigenvalue weighted by molar-refractivity contribution is 7.15. The van der Waals surface area contributed by atoms with Crippen LogP contribution in [-0.4, -0.2) is 23.3 Å². The van der Waals surface area contributed by atoms with Crippen molar-refractivity contribution in [2.75, 3.05) is 18.0 Å². The lowest BCUT2D eigenvalue weighted by molar-refractivity contribution is 0.323. The molecule has 0 spiro atoms. The smallest absolute Gasteiger partial charge is 0.208 e. The van der Waals surface area contributed by atoms with Gasteiger partial charge in [-0.1, -0.05) is 43.4 Å². The molecule has 2 aromatic rings. The highest BCUT2D eigenvalue weighted by Crippen LogP contribution is 2.29. The van der Waals surface area contributed by atoms with E-state index in [-0.39, 0.29) is 5.82 Å². The van der Waals surface area contributed by atoms with Crippen LogP contribution in [0.3, 0.4) is 0 Å². The van der Waals surface area contributed by atoms with Crippen molar-refractivity contribution < 1.29 is 4.39 Å². The van der Waals surface area contributed by atoms with E-state index in [0.717, 1.165) is 29.1 Å². The lowest BCUT2D eigenvalue weighted by Gasteiger charge is -2.34. The van der Waals surface area contributed by atoms with E-state index in [2.05, 4.69) is 28.9 Å². The molecule has 112 valence electrons. The minimum atomic E-state index is -0.172. The second kappa shape index (κ2) is 6.10. The van der Waals surface area contributed by atoms with Gasteiger partial charge in [0.1, 0.15) is 10.8 Å². The van der Waals surface area contributed by atoms with Crippen LogP contribution < -0.4 is 4.90 Å². The van der Waals surface area contributed by atoms with E-state index in [1.807, 2.05) is 6.07 Å². The molecule has 0 N–H and O–H groups in total. The maximum Gasteiger partial charge on any atom is 0.208 e. The molecule has 0 aliphatic carbocycles. The Bertz CT molecular complexity index is 613. The van der Waals surface area contributed by atoms with Gasteiger partial charge in [0.05, 0.1) is 0 Å². The molecular weight excluding hydrogens is 285 g/mol. The van der Waals surface area contributed by atoms with Crippen molar-refractivity contribution in [1.82, 2.24) is 10.2 Å². The maximum atomic E-state index is 13.7. The van der Waals surface area contributed by atoms with Gasteiger partial charge >= 0.3 is 0 Å². The van der Waals surface area contributed by atoms with Crippen molar-refractivity contribution in [2.45, 2.75) is 26.7 Å². The Morgan fingerprint density at radius 2 is 2.05 bits per heavy atom. The van der Waals surface area contributed by atoms with E-state index in [9.17, 15) is 4.39 Å². The summed E-state index contributed by atoms with van der Waals surface area (Å²) >= 11 is 1.58. The van der Waals surface area contributed by atoms with Gasteiger partial charge in [-0.25, -0.2) is 4.39 Å². The number of piperidine rings is 1. The predicted molar refractivity (Wildman–Crippen MR) is 84.3 cm³/mol. The number of rotatable bonds is 3. The van der Waals surface area contributed by atoms with Gasteiger partial charge < -0.3 is 4.90 Å². The fourth-order valence-corrected chi connectivity index (χ4v) is 3.58. The van der Waals surface area contributed by atoms with Gasteiger partial charge in [0.25, 0.3) is 0 Å².